The summed E-state index contributed by atoms with van der Waals surface area (Å²) in [6.07, 6.45) is 37.1. The summed E-state index contributed by atoms with van der Waals surface area (Å²) in [5, 5.41) is 87.0. The van der Waals surface area contributed by atoms with E-state index in [0.29, 0.717) is 6.42 Å². The molecule has 0 aromatic heterocycles. The zero-order valence-electron chi connectivity index (χ0n) is 44.9. The minimum atomic E-state index is -1.79. The van der Waals surface area contributed by atoms with E-state index in [1.54, 1.807) is 6.08 Å². The van der Waals surface area contributed by atoms with Crippen molar-refractivity contribution in [3.63, 3.8) is 0 Å². The fourth-order valence-corrected chi connectivity index (χ4v) is 9.30. The van der Waals surface area contributed by atoms with Gasteiger partial charge in [-0.25, -0.2) is 0 Å². The summed E-state index contributed by atoms with van der Waals surface area (Å²) in [5.74, 6) is -0.252. The van der Waals surface area contributed by atoms with E-state index in [1.165, 1.54) is 122 Å². The highest BCUT2D eigenvalue weighted by molar-refractivity contribution is 5.76. The van der Waals surface area contributed by atoms with Crippen LogP contribution in [0.2, 0.25) is 0 Å². The number of carbonyl (C=O) groups excluding carboxylic acids is 1. The summed E-state index contributed by atoms with van der Waals surface area (Å²) in [7, 11) is 0. The van der Waals surface area contributed by atoms with E-state index >= 15 is 0 Å². The van der Waals surface area contributed by atoms with Crippen LogP contribution in [-0.2, 0) is 23.7 Å². The smallest absolute Gasteiger partial charge is 0.220 e. The Morgan fingerprint density at radius 2 is 0.917 bits per heavy atom. The van der Waals surface area contributed by atoms with Gasteiger partial charge in [-0.3, -0.25) is 4.79 Å². The van der Waals surface area contributed by atoms with Gasteiger partial charge >= 0.3 is 0 Å². The van der Waals surface area contributed by atoms with Crippen LogP contribution in [0.1, 0.15) is 219 Å². The van der Waals surface area contributed by atoms with Crippen molar-refractivity contribution in [3.8, 4) is 0 Å². The molecule has 420 valence electrons. The monoisotopic (exact) mass is 1020 g/mol. The van der Waals surface area contributed by atoms with Gasteiger partial charge in [0.25, 0.3) is 0 Å². The molecule has 2 aliphatic rings. The Balaban J connectivity index is 1.80. The Labute approximate surface area is 435 Å². The Morgan fingerprint density at radius 1 is 0.500 bits per heavy atom. The summed E-state index contributed by atoms with van der Waals surface area (Å²) in [6, 6.07) is -0.923. The SMILES string of the molecule is CCCCC/C=C\C/C=C\C/C=C\CCCCCCCCC(=O)NC(COC1OC(CO)C(OC2OC(CO)C(O)C(O)C2O)C(O)C1O)C(O)/C=C/CCCCCCCCCCCCCCCCCCC. The third-order valence-electron chi connectivity index (χ3n) is 14.0. The number of unbranched alkanes of at least 4 members (excludes halogenated alkanes) is 26. The Kier molecular flexibility index (Phi) is 40.5. The average molecular weight is 1020 g/mol. The molecule has 0 saturated carbocycles. The first-order valence-electron chi connectivity index (χ1n) is 28.9. The zero-order chi connectivity index (χ0) is 52.4. The van der Waals surface area contributed by atoms with E-state index in [1.807, 2.05) is 6.08 Å². The molecule has 1 amide bonds. The van der Waals surface area contributed by atoms with Crippen molar-refractivity contribution >= 4 is 5.91 Å². The van der Waals surface area contributed by atoms with Crippen LogP contribution >= 0.6 is 0 Å². The highest BCUT2D eigenvalue weighted by atomic mass is 16.7. The minimum Gasteiger partial charge on any atom is -0.394 e. The molecule has 0 spiro atoms. The van der Waals surface area contributed by atoms with Crippen LogP contribution in [0.3, 0.4) is 0 Å². The molecule has 72 heavy (non-hydrogen) atoms. The van der Waals surface area contributed by atoms with Gasteiger partial charge in [0.1, 0.15) is 48.8 Å². The molecule has 12 unspecified atom stereocenters. The van der Waals surface area contributed by atoms with Crippen molar-refractivity contribution in [2.24, 2.45) is 0 Å². The number of nitrogens with one attached hydrogen (secondary N) is 1. The van der Waals surface area contributed by atoms with Gasteiger partial charge < -0.3 is 65.1 Å². The lowest BCUT2D eigenvalue weighted by Crippen LogP contribution is -2.65. The second-order valence-electron chi connectivity index (χ2n) is 20.4. The molecule has 12 atom stereocenters. The summed E-state index contributed by atoms with van der Waals surface area (Å²) in [4.78, 5) is 13.2. The second kappa shape index (κ2) is 44.1. The van der Waals surface area contributed by atoms with Crippen molar-refractivity contribution in [2.45, 2.75) is 293 Å². The zero-order valence-corrected chi connectivity index (χ0v) is 44.9. The highest BCUT2D eigenvalue weighted by Gasteiger charge is 2.51. The fourth-order valence-electron chi connectivity index (χ4n) is 9.30. The van der Waals surface area contributed by atoms with E-state index in [9.17, 15) is 45.6 Å². The maximum Gasteiger partial charge on any atom is 0.220 e. The van der Waals surface area contributed by atoms with Gasteiger partial charge in [-0.05, 0) is 57.8 Å². The number of carbonyl (C=O) groups is 1. The average Bonchev–Trinajstić information content (AvgIpc) is 3.38. The van der Waals surface area contributed by atoms with Gasteiger partial charge in [-0.1, -0.05) is 204 Å². The molecular formula is C58H105NO13. The van der Waals surface area contributed by atoms with Gasteiger partial charge in [0, 0.05) is 6.42 Å². The first-order valence-corrected chi connectivity index (χ1v) is 28.9. The predicted molar refractivity (Wildman–Crippen MR) is 286 cm³/mol. The molecule has 2 heterocycles. The van der Waals surface area contributed by atoms with Crippen LogP contribution in [0.25, 0.3) is 0 Å². The molecule has 0 aromatic rings. The Morgan fingerprint density at radius 3 is 1.43 bits per heavy atom. The van der Waals surface area contributed by atoms with E-state index in [2.05, 4.69) is 55.6 Å². The Bertz CT molecular complexity index is 1390. The van der Waals surface area contributed by atoms with Gasteiger partial charge in [-0.15, -0.1) is 0 Å². The third kappa shape index (κ3) is 29.9. The lowest BCUT2D eigenvalue weighted by Gasteiger charge is -2.46. The van der Waals surface area contributed by atoms with Gasteiger partial charge in [0.15, 0.2) is 12.6 Å². The number of hydrogen-bond acceptors (Lipinski definition) is 13. The van der Waals surface area contributed by atoms with Crippen molar-refractivity contribution < 1.29 is 64.6 Å². The number of hydrogen-bond donors (Lipinski definition) is 9. The quantitative estimate of drug-likeness (QED) is 0.0205. The molecular weight excluding hydrogens is 919 g/mol. The maximum absolute atomic E-state index is 13.2. The lowest BCUT2D eigenvalue weighted by atomic mass is 9.97. The van der Waals surface area contributed by atoms with Crippen molar-refractivity contribution in [3.05, 3.63) is 48.6 Å². The van der Waals surface area contributed by atoms with Crippen LogP contribution < -0.4 is 5.32 Å². The molecule has 0 bridgehead atoms. The van der Waals surface area contributed by atoms with Gasteiger partial charge in [-0.2, -0.15) is 0 Å². The van der Waals surface area contributed by atoms with Crippen molar-refractivity contribution in [2.75, 3.05) is 19.8 Å². The first kappa shape index (κ1) is 66.1. The van der Waals surface area contributed by atoms with Gasteiger partial charge in [0.2, 0.25) is 5.91 Å². The molecule has 2 saturated heterocycles. The van der Waals surface area contributed by atoms with Crippen LogP contribution in [0, 0.1) is 0 Å². The van der Waals surface area contributed by atoms with E-state index < -0.39 is 86.8 Å². The molecule has 0 aliphatic carbocycles. The van der Waals surface area contributed by atoms with E-state index in [4.69, 9.17) is 18.9 Å². The number of rotatable bonds is 45. The third-order valence-corrected chi connectivity index (χ3v) is 14.0. The second-order valence-corrected chi connectivity index (χ2v) is 20.4. The number of aliphatic hydroxyl groups excluding tert-OH is 8. The van der Waals surface area contributed by atoms with E-state index in [0.717, 1.165) is 70.6 Å². The normalized spacial score (nSPS) is 25.9. The number of allylic oxidation sites excluding steroid dienone is 7. The standard InChI is InChI=1S/C58H105NO13/c1-3-5-7-9-11-13-15-17-19-21-23-25-27-29-31-33-35-37-39-41-47(62)46(59-50(63)42-40-38-36-34-32-30-28-26-24-22-20-18-16-14-12-10-8-6-4-2)45-69-57-55(68)53(66)56(49(44-61)71-57)72-58-54(67)52(65)51(64)48(43-60)70-58/h12,14,18,20,24,26,39,41,46-49,51-58,60-62,64-68H,3-11,13,15-17,19,21-23,25,27-38,40,42-45H2,1-2H3,(H,59,63)/b14-12-,20-18-,26-24-,41-39+. The van der Waals surface area contributed by atoms with Crippen LogP contribution in [0.5, 0.6) is 0 Å². The molecule has 0 radical (unpaired) electrons. The van der Waals surface area contributed by atoms with Crippen LogP contribution in [0.4, 0.5) is 0 Å². The van der Waals surface area contributed by atoms with E-state index in [-0.39, 0.29) is 18.9 Å². The van der Waals surface area contributed by atoms with Gasteiger partial charge in [0.05, 0.1) is 32.0 Å². The molecule has 2 aliphatic heterocycles. The highest BCUT2D eigenvalue weighted by Crippen LogP contribution is 2.30. The molecule has 14 nitrogen and oxygen atoms in total. The summed E-state index contributed by atoms with van der Waals surface area (Å²) >= 11 is 0. The van der Waals surface area contributed by atoms with Crippen LogP contribution in [0.15, 0.2) is 48.6 Å². The summed E-state index contributed by atoms with van der Waals surface area (Å²) in [5.41, 5.74) is 0. The molecule has 2 fully saturated rings. The topological polar surface area (TPSA) is 228 Å². The number of aliphatic hydroxyl groups is 8. The summed E-state index contributed by atoms with van der Waals surface area (Å²) in [6.45, 7) is 2.76. The fraction of sp³-hybridized carbons (Fsp3) is 0.845. The minimum absolute atomic E-state index is 0.252. The number of amides is 1. The lowest BCUT2D eigenvalue weighted by molar-refractivity contribution is -0.359. The van der Waals surface area contributed by atoms with Crippen LogP contribution in [-0.4, -0.2) is 140 Å². The molecule has 2 rings (SSSR count). The molecule has 14 heteroatoms. The van der Waals surface area contributed by atoms with Crippen molar-refractivity contribution in [1.82, 2.24) is 5.32 Å². The molecule has 0 aromatic carbocycles. The number of ether oxygens (including phenoxy) is 4. The van der Waals surface area contributed by atoms with Crippen molar-refractivity contribution in [1.29, 1.82) is 0 Å². The largest absolute Gasteiger partial charge is 0.394 e. The first-order chi connectivity index (χ1) is 35.1. The predicted octanol–water partition coefficient (Wildman–Crippen LogP) is 9.22. The molecule has 9 N–H and O–H groups in total. The summed E-state index contributed by atoms with van der Waals surface area (Å²) < 4.78 is 22.8. The Hall–Kier alpha value is -2.05. The maximum atomic E-state index is 13.2.